The largest absolute Gasteiger partial charge is 0.325 e. The van der Waals surface area contributed by atoms with Crippen LogP contribution in [0.4, 0.5) is 19.3 Å². The maximum Gasteiger partial charge on any atom is 0.325 e. The van der Waals surface area contributed by atoms with Crippen molar-refractivity contribution in [2.45, 2.75) is 6.42 Å². The van der Waals surface area contributed by atoms with Gasteiger partial charge in [-0.15, -0.1) is 11.6 Å². The molecule has 0 saturated heterocycles. The zero-order valence-corrected chi connectivity index (χ0v) is 11.2. The minimum Gasteiger partial charge on any atom is -0.304 e. The normalized spacial score (nSPS) is 10.0. The Labute approximate surface area is 115 Å². The number of imide groups is 1. The van der Waals surface area contributed by atoms with E-state index >= 15 is 0 Å². The van der Waals surface area contributed by atoms with Crippen molar-refractivity contribution >= 4 is 45.2 Å². The average Bonchev–Trinajstić information content (AvgIpc) is 2.23. The predicted octanol–water partition coefficient (Wildman–Crippen LogP) is 3.00. The van der Waals surface area contributed by atoms with Crippen molar-refractivity contribution in [2.24, 2.45) is 0 Å². The molecule has 0 fully saturated rings. The highest BCUT2D eigenvalue weighted by Crippen LogP contribution is 2.26. The van der Waals surface area contributed by atoms with Crippen LogP contribution >= 0.6 is 27.5 Å². The van der Waals surface area contributed by atoms with Gasteiger partial charge in [0.1, 0.15) is 5.82 Å². The zero-order chi connectivity index (χ0) is 13.7. The fourth-order valence-electron chi connectivity index (χ4n) is 1.08. The minimum atomic E-state index is -0.957. The summed E-state index contributed by atoms with van der Waals surface area (Å²) in [5, 5.41) is 4.04. The predicted molar refractivity (Wildman–Crippen MR) is 66.6 cm³/mol. The molecule has 0 aliphatic carbocycles. The maximum absolute atomic E-state index is 13.3. The molecule has 0 unspecified atom stereocenters. The van der Waals surface area contributed by atoms with Crippen molar-refractivity contribution in [3.8, 4) is 0 Å². The van der Waals surface area contributed by atoms with E-state index in [4.69, 9.17) is 11.6 Å². The van der Waals surface area contributed by atoms with Crippen LogP contribution in [0.25, 0.3) is 0 Å². The molecule has 4 nitrogen and oxygen atoms in total. The molecule has 0 aliphatic heterocycles. The summed E-state index contributed by atoms with van der Waals surface area (Å²) in [7, 11) is 0. The van der Waals surface area contributed by atoms with E-state index in [0.29, 0.717) is 6.07 Å². The quantitative estimate of drug-likeness (QED) is 0.830. The molecule has 0 saturated carbocycles. The van der Waals surface area contributed by atoms with Crippen LogP contribution < -0.4 is 10.6 Å². The summed E-state index contributed by atoms with van der Waals surface area (Å²) in [5.74, 6) is -2.28. The van der Waals surface area contributed by atoms with Gasteiger partial charge in [0.15, 0.2) is 5.82 Å². The molecule has 1 rings (SSSR count). The first kappa shape index (κ1) is 14.8. The highest BCUT2D eigenvalue weighted by molar-refractivity contribution is 9.10. The summed E-state index contributed by atoms with van der Waals surface area (Å²) < 4.78 is 26.2. The standard InChI is InChI=1S/C10H8BrClF2N2O2/c11-6-3-5(13)4-7(14)9(6)16-10(18)15-8(17)1-2-12/h3-4H,1-2H2,(H2,15,16,17,18). The van der Waals surface area contributed by atoms with E-state index in [9.17, 15) is 18.4 Å². The van der Waals surface area contributed by atoms with Crippen LogP contribution in [0.3, 0.4) is 0 Å². The Morgan fingerprint density at radius 3 is 2.56 bits per heavy atom. The second kappa shape index (κ2) is 6.65. The lowest BCUT2D eigenvalue weighted by atomic mass is 10.3. The summed E-state index contributed by atoms with van der Waals surface area (Å²) >= 11 is 8.20. The number of alkyl halides is 1. The third kappa shape index (κ3) is 4.23. The van der Waals surface area contributed by atoms with E-state index in [0.717, 1.165) is 6.07 Å². The van der Waals surface area contributed by atoms with Crippen LogP contribution in [0.2, 0.25) is 0 Å². The molecule has 0 radical (unpaired) electrons. The molecule has 0 spiro atoms. The van der Waals surface area contributed by atoms with E-state index in [1.54, 1.807) is 0 Å². The van der Waals surface area contributed by atoms with Crippen LogP contribution in [-0.4, -0.2) is 17.8 Å². The second-order valence-electron chi connectivity index (χ2n) is 3.19. The Bertz CT molecular complexity index is 462. The van der Waals surface area contributed by atoms with Gasteiger partial charge in [-0.3, -0.25) is 10.1 Å². The fourth-order valence-corrected chi connectivity index (χ4v) is 1.76. The van der Waals surface area contributed by atoms with Crippen molar-refractivity contribution < 1.29 is 18.4 Å². The van der Waals surface area contributed by atoms with Crippen molar-refractivity contribution in [1.29, 1.82) is 0 Å². The number of halogens is 4. The second-order valence-corrected chi connectivity index (χ2v) is 4.42. The molecule has 8 heteroatoms. The number of nitrogens with one attached hydrogen (secondary N) is 2. The monoisotopic (exact) mass is 340 g/mol. The number of carbonyl (C=O) groups is 2. The van der Waals surface area contributed by atoms with E-state index in [-0.39, 0.29) is 22.5 Å². The van der Waals surface area contributed by atoms with Crippen LogP contribution in [0.1, 0.15) is 6.42 Å². The average molecular weight is 342 g/mol. The fraction of sp³-hybridized carbons (Fsp3) is 0.200. The molecule has 0 heterocycles. The van der Waals surface area contributed by atoms with Gasteiger partial charge in [0.2, 0.25) is 5.91 Å². The first-order valence-corrected chi connectivity index (χ1v) is 6.08. The number of hydrogen-bond donors (Lipinski definition) is 2. The lowest BCUT2D eigenvalue weighted by molar-refractivity contribution is -0.119. The molecule has 98 valence electrons. The van der Waals surface area contributed by atoms with Crippen molar-refractivity contribution in [2.75, 3.05) is 11.2 Å². The Hall–Kier alpha value is -1.21. The first-order chi connectivity index (χ1) is 8.43. The Balaban J connectivity index is 2.73. The van der Waals surface area contributed by atoms with Crippen LogP contribution in [0, 0.1) is 11.6 Å². The van der Waals surface area contributed by atoms with E-state index < -0.39 is 23.6 Å². The summed E-state index contributed by atoms with van der Waals surface area (Å²) in [4.78, 5) is 22.4. The van der Waals surface area contributed by atoms with Gasteiger partial charge < -0.3 is 5.32 Å². The molecule has 0 aliphatic rings. The van der Waals surface area contributed by atoms with Crippen molar-refractivity contribution in [3.63, 3.8) is 0 Å². The molecule has 0 bridgehead atoms. The molecular formula is C10H8BrClF2N2O2. The van der Waals surface area contributed by atoms with Gasteiger partial charge in [-0.1, -0.05) is 0 Å². The third-order valence-corrected chi connectivity index (χ3v) is 2.63. The van der Waals surface area contributed by atoms with Gasteiger partial charge in [-0.2, -0.15) is 0 Å². The molecule has 3 amide bonds. The van der Waals surface area contributed by atoms with Gasteiger partial charge in [0.25, 0.3) is 0 Å². The number of benzene rings is 1. The molecule has 0 atom stereocenters. The third-order valence-electron chi connectivity index (χ3n) is 1.82. The molecule has 18 heavy (non-hydrogen) atoms. The number of hydrogen-bond acceptors (Lipinski definition) is 2. The first-order valence-electron chi connectivity index (χ1n) is 4.75. The van der Waals surface area contributed by atoms with E-state index in [2.05, 4.69) is 21.2 Å². The van der Waals surface area contributed by atoms with Gasteiger partial charge in [0.05, 0.1) is 5.69 Å². The maximum atomic E-state index is 13.3. The smallest absolute Gasteiger partial charge is 0.304 e. The van der Waals surface area contributed by atoms with Crippen molar-refractivity contribution in [1.82, 2.24) is 5.32 Å². The lowest BCUT2D eigenvalue weighted by Crippen LogP contribution is -2.34. The van der Waals surface area contributed by atoms with E-state index in [1.165, 1.54) is 0 Å². The summed E-state index contributed by atoms with van der Waals surface area (Å²) in [6, 6.07) is 0.677. The van der Waals surface area contributed by atoms with Gasteiger partial charge in [-0.05, 0) is 22.0 Å². The Morgan fingerprint density at radius 1 is 1.33 bits per heavy atom. The summed E-state index contributed by atoms with van der Waals surface area (Å²) in [6.07, 6.45) is -0.0396. The number of anilines is 1. The van der Waals surface area contributed by atoms with Crippen LogP contribution in [-0.2, 0) is 4.79 Å². The number of amides is 3. The van der Waals surface area contributed by atoms with Crippen LogP contribution in [0.15, 0.2) is 16.6 Å². The number of urea groups is 1. The highest BCUT2D eigenvalue weighted by Gasteiger charge is 2.14. The Morgan fingerprint density at radius 2 is 2.00 bits per heavy atom. The Kier molecular flexibility index (Phi) is 5.49. The number of rotatable bonds is 3. The van der Waals surface area contributed by atoms with Gasteiger partial charge in [-0.25, -0.2) is 13.6 Å². The van der Waals surface area contributed by atoms with Crippen LogP contribution in [0.5, 0.6) is 0 Å². The molecular weight excluding hydrogens is 333 g/mol. The van der Waals surface area contributed by atoms with E-state index in [1.807, 2.05) is 5.32 Å². The zero-order valence-electron chi connectivity index (χ0n) is 8.90. The molecule has 2 N–H and O–H groups in total. The van der Waals surface area contributed by atoms with Gasteiger partial charge >= 0.3 is 6.03 Å². The lowest BCUT2D eigenvalue weighted by Gasteiger charge is -2.09. The topological polar surface area (TPSA) is 58.2 Å². The number of carbonyl (C=O) groups excluding carboxylic acids is 2. The minimum absolute atomic E-state index is 0.0277. The molecule has 1 aromatic carbocycles. The van der Waals surface area contributed by atoms with Gasteiger partial charge in [0, 0.05) is 22.8 Å². The highest BCUT2D eigenvalue weighted by atomic mass is 79.9. The summed E-state index contributed by atoms with van der Waals surface area (Å²) in [5.41, 5.74) is -0.257. The molecule has 0 aromatic heterocycles. The SMILES string of the molecule is O=C(CCCl)NC(=O)Nc1c(F)cc(F)cc1Br. The van der Waals surface area contributed by atoms with Crippen molar-refractivity contribution in [3.05, 3.63) is 28.2 Å². The summed E-state index contributed by atoms with van der Waals surface area (Å²) in [6.45, 7) is 0. The molecule has 1 aromatic rings.